The van der Waals surface area contributed by atoms with Gasteiger partial charge in [0.15, 0.2) is 13.2 Å². The molecule has 170 valence electrons. The molecule has 0 spiro atoms. The Bertz CT molecular complexity index is 1130. The van der Waals surface area contributed by atoms with Gasteiger partial charge < -0.3 is 24.8 Å². The molecular formula is C24H21FN2O6. The first-order valence-electron chi connectivity index (χ1n) is 9.82. The van der Waals surface area contributed by atoms with E-state index < -0.39 is 24.3 Å². The number of rotatable bonds is 9. The molecule has 0 aliphatic carbocycles. The van der Waals surface area contributed by atoms with Crippen molar-refractivity contribution in [2.75, 3.05) is 31.0 Å². The van der Waals surface area contributed by atoms with Crippen molar-refractivity contribution in [3.05, 3.63) is 84.2 Å². The smallest absolute Gasteiger partial charge is 0.338 e. The average molecular weight is 452 g/mol. The van der Waals surface area contributed by atoms with E-state index in [-0.39, 0.29) is 23.8 Å². The van der Waals surface area contributed by atoms with Crippen LogP contribution in [0.25, 0.3) is 0 Å². The fraction of sp³-hybridized carbons (Fsp3) is 0.125. The summed E-state index contributed by atoms with van der Waals surface area (Å²) in [5.41, 5.74) is 1.03. The Kier molecular flexibility index (Phi) is 7.96. The van der Waals surface area contributed by atoms with Gasteiger partial charge in [0.25, 0.3) is 11.8 Å². The molecule has 0 unspecified atom stereocenters. The molecule has 3 rings (SSSR count). The number of nitrogens with one attached hydrogen (secondary N) is 2. The van der Waals surface area contributed by atoms with E-state index in [1.54, 1.807) is 24.3 Å². The molecule has 0 radical (unpaired) electrons. The molecule has 0 aromatic heterocycles. The zero-order chi connectivity index (χ0) is 23.6. The number of carbonyl (C=O) groups is 3. The van der Waals surface area contributed by atoms with Gasteiger partial charge in [0.05, 0.1) is 12.7 Å². The zero-order valence-corrected chi connectivity index (χ0v) is 17.7. The lowest BCUT2D eigenvalue weighted by atomic mass is 10.2. The molecule has 0 atom stereocenters. The molecule has 0 aliphatic rings. The SMILES string of the molecule is COc1cccc(NC(=O)COc2ccc(C(=O)OCC(=O)Nc3cccc(F)c3)cc2)c1. The van der Waals surface area contributed by atoms with Crippen molar-refractivity contribution in [3.63, 3.8) is 0 Å². The Morgan fingerprint density at radius 1 is 0.788 bits per heavy atom. The monoisotopic (exact) mass is 452 g/mol. The van der Waals surface area contributed by atoms with Crippen LogP contribution in [-0.4, -0.2) is 38.1 Å². The Morgan fingerprint density at radius 3 is 2.09 bits per heavy atom. The second kappa shape index (κ2) is 11.3. The standard InChI is InChI=1S/C24H21FN2O6/c1-31-21-7-3-6-19(13-21)27-22(28)14-32-20-10-8-16(9-11-20)24(30)33-15-23(29)26-18-5-2-4-17(25)12-18/h2-13H,14-15H2,1H3,(H,26,29)(H,27,28). The maximum Gasteiger partial charge on any atom is 0.338 e. The van der Waals surface area contributed by atoms with Crippen LogP contribution in [0, 0.1) is 5.82 Å². The minimum atomic E-state index is -0.716. The highest BCUT2D eigenvalue weighted by Gasteiger charge is 2.11. The fourth-order valence-corrected chi connectivity index (χ4v) is 2.71. The molecule has 2 N–H and O–H groups in total. The number of methoxy groups -OCH3 is 1. The molecule has 0 heterocycles. The van der Waals surface area contributed by atoms with Crippen LogP contribution in [0.1, 0.15) is 10.4 Å². The van der Waals surface area contributed by atoms with E-state index in [1.807, 2.05) is 0 Å². The Hall–Kier alpha value is -4.40. The van der Waals surface area contributed by atoms with E-state index in [2.05, 4.69) is 10.6 Å². The summed E-state index contributed by atoms with van der Waals surface area (Å²) in [7, 11) is 1.53. The number of hydrogen-bond donors (Lipinski definition) is 2. The van der Waals surface area contributed by atoms with Gasteiger partial charge in [-0.05, 0) is 54.6 Å². The molecule has 3 aromatic rings. The summed E-state index contributed by atoms with van der Waals surface area (Å²) in [6.45, 7) is -0.765. The summed E-state index contributed by atoms with van der Waals surface area (Å²) in [6.07, 6.45) is 0. The Labute approximate surface area is 189 Å². The number of halogens is 1. The number of anilines is 2. The molecule has 0 aliphatic heterocycles. The van der Waals surface area contributed by atoms with E-state index in [0.717, 1.165) is 6.07 Å². The van der Waals surface area contributed by atoms with Crippen LogP contribution >= 0.6 is 0 Å². The van der Waals surface area contributed by atoms with E-state index in [4.69, 9.17) is 14.2 Å². The molecular weight excluding hydrogens is 431 g/mol. The molecule has 2 amide bonds. The van der Waals surface area contributed by atoms with Crippen molar-refractivity contribution < 1.29 is 33.0 Å². The summed E-state index contributed by atoms with van der Waals surface area (Å²) >= 11 is 0. The third-order valence-corrected chi connectivity index (χ3v) is 4.26. The van der Waals surface area contributed by atoms with Crippen LogP contribution in [0.4, 0.5) is 15.8 Å². The van der Waals surface area contributed by atoms with Gasteiger partial charge in [-0.25, -0.2) is 9.18 Å². The van der Waals surface area contributed by atoms with Crippen LogP contribution in [0.2, 0.25) is 0 Å². The highest BCUT2D eigenvalue weighted by atomic mass is 19.1. The minimum Gasteiger partial charge on any atom is -0.497 e. The van der Waals surface area contributed by atoms with E-state index in [0.29, 0.717) is 17.2 Å². The molecule has 0 saturated carbocycles. The third-order valence-electron chi connectivity index (χ3n) is 4.26. The molecule has 0 bridgehead atoms. The van der Waals surface area contributed by atoms with Gasteiger partial charge in [-0.3, -0.25) is 9.59 Å². The second-order valence-electron chi connectivity index (χ2n) is 6.73. The van der Waals surface area contributed by atoms with Crippen LogP contribution < -0.4 is 20.1 Å². The summed E-state index contributed by atoms with van der Waals surface area (Å²) < 4.78 is 28.6. The summed E-state index contributed by atoms with van der Waals surface area (Å²) in [6, 6.07) is 18.2. The molecule has 0 fully saturated rings. The van der Waals surface area contributed by atoms with Crippen molar-refractivity contribution >= 4 is 29.2 Å². The zero-order valence-electron chi connectivity index (χ0n) is 17.7. The number of amides is 2. The highest BCUT2D eigenvalue weighted by molar-refractivity contribution is 5.95. The van der Waals surface area contributed by atoms with Gasteiger partial charge in [-0.2, -0.15) is 0 Å². The quantitative estimate of drug-likeness (QED) is 0.481. The minimum absolute atomic E-state index is 0.196. The third kappa shape index (κ3) is 7.35. The first-order chi connectivity index (χ1) is 15.9. The summed E-state index contributed by atoms with van der Waals surface area (Å²) in [5, 5.41) is 5.12. The van der Waals surface area contributed by atoms with E-state index >= 15 is 0 Å². The predicted molar refractivity (Wildman–Crippen MR) is 119 cm³/mol. The Balaban J connectivity index is 1.43. The van der Waals surface area contributed by atoms with Crippen LogP contribution in [0.15, 0.2) is 72.8 Å². The average Bonchev–Trinajstić information content (AvgIpc) is 2.81. The fourth-order valence-electron chi connectivity index (χ4n) is 2.71. The van der Waals surface area contributed by atoms with Crippen molar-refractivity contribution in [2.45, 2.75) is 0 Å². The number of carbonyl (C=O) groups excluding carboxylic acids is 3. The maximum atomic E-state index is 13.1. The number of benzene rings is 3. The molecule has 33 heavy (non-hydrogen) atoms. The van der Waals surface area contributed by atoms with Crippen molar-refractivity contribution in [2.24, 2.45) is 0 Å². The molecule has 9 heteroatoms. The van der Waals surface area contributed by atoms with Gasteiger partial charge in [0, 0.05) is 17.4 Å². The first-order valence-corrected chi connectivity index (χ1v) is 9.82. The predicted octanol–water partition coefficient (Wildman–Crippen LogP) is 3.65. The van der Waals surface area contributed by atoms with Crippen molar-refractivity contribution in [1.29, 1.82) is 0 Å². The molecule has 0 saturated heterocycles. The number of hydrogen-bond acceptors (Lipinski definition) is 6. The summed E-state index contributed by atoms with van der Waals surface area (Å²) in [4.78, 5) is 36.0. The Morgan fingerprint density at radius 2 is 1.42 bits per heavy atom. The van der Waals surface area contributed by atoms with Crippen molar-refractivity contribution in [1.82, 2.24) is 0 Å². The van der Waals surface area contributed by atoms with Gasteiger partial charge in [-0.15, -0.1) is 0 Å². The second-order valence-corrected chi connectivity index (χ2v) is 6.73. The molecule has 3 aromatic carbocycles. The van der Waals surface area contributed by atoms with E-state index in [9.17, 15) is 18.8 Å². The maximum absolute atomic E-state index is 13.1. The van der Waals surface area contributed by atoms with E-state index in [1.165, 1.54) is 49.6 Å². The van der Waals surface area contributed by atoms with Gasteiger partial charge in [-0.1, -0.05) is 12.1 Å². The van der Waals surface area contributed by atoms with Gasteiger partial charge in [0.1, 0.15) is 17.3 Å². The number of ether oxygens (including phenoxy) is 3. The molecule has 8 nitrogen and oxygen atoms in total. The van der Waals surface area contributed by atoms with Gasteiger partial charge >= 0.3 is 5.97 Å². The number of esters is 1. The van der Waals surface area contributed by atoms with Crippen LogP contribution in [0.5, 0.6) is 11.5 Å². The highest BCUT2D eigenvalue weighted by Crippen LogP contribution is 2.17. The largest absolute Gasteiger partial charge is 0.497 e. The summed E-state index contributed by atoms with van der Waals surface area (Å²) in [5.74, 6) is -1.19. The lowest BCUT2D eigenvalue weighted by Crippen LogP contribution is -2.21. The van der Waals surface area contributed by atoms with Crippen LogP contribution in [-0.2, 0) is 14.3 Å². The van der Waals surface area contributed by atoms with Gasteiger partial charge in [0.2, 0.25) is 0 Å². The normalized spacial score (nSPS) is 10.1. The topological polar surface area (TPSA) is 103 Å². The van der Waals surface area contributed by atoms with Crippen LogP contribution in [0.3, 0.4) is 0 Å². The van der Waals surface area contributed by atoms with Crippen molar-refractivity contribution in [3.8, 4) is 11.5 Å². The first kappa shape index (κ1) is 23.3. The lowest BCUT2D eigenvalue weighted by Gasteiger charge is -2.09. The lowest BCUT2D eigenvalue weighted by molar-refractivity contribution is -0.119.